The fourth-order valence-corrected chi connectivity index (χ4v) is 7.09. The van der Waals surface area contributed by atoms with Crippen molar-refractivity contribution in [2.45, 2.75) is 43.4 Å². The van der Waals surface area contributed by atoms with Crippen LogP contribution in [0.2, 0.25) is 0 Å². The van der Waals surface area contributed by atoms with Gasteiger partial charge in [-0.05, 0) is 64.6 Å². The summed E-state index contributed by atoms with van der Waals surface area (Å²) in [6, 6.07) is 18.0. The highest BCUT2D eigenvalue weighted by molar-refractivity contribution is 5.93. The first-order valence-corrected chi connectivity index (χ1v) is 15.8. The van der Waals surface area contributed by atoms with Crippen molar-refractivity contribution < 1.29 is 42.2 Å². The van der Waals surface area contributed by atoms with E-state index in [1.807, 2.05) is 48.5 Å². The number of nitrogens with zero attached hydrogens (tertiary/aromatic N) is 3. The Bertz CT molecular complexity index is 1680. The van der Waals surface area contributed by atoms with Crippen molar-refractivity contribution >= 4 is 23.9 Å². The van der Waals surface area contributed by atoms with E-state index in [0.29, 0.717) is 12.0 Å². The summed E-state index contributed by atoms with van der Waals surface area (Å²) in [4.78, 5) is 56.6. The summed E-state index contributed by atoms with van der Waals surface area (Å²) in [5.74, 6) is -2.38. The Morgan fingerprint density at radius 2 is 1.52 bits per heavy atom. The van der Waals surface area contributed by atoms with Crippen LogP contribution in [0.1, 0.15) is 41.0 Å². The number of hydrogen-bond donors (Lipinski definition) is 1. The maximum Gasteiger partial charge on any atom is 0.416 e. The molecule has 0 bridgehead atoms. The Hall–Kier alpha value is -4.87. The van der Waals surface area contributed by atoms with Crippen molar-refractivity contribution in [3.8, 4) is 11.1 Å². The predicted molar refractivity (Wildman–Crippen MR) is 169 cm³/mol. The quantitative estimate of drug-likeness (QED) is 0.334. The standard InChI is InChI=1S/C36H36F3N3O6/c1-40(19-32(43)44)33(45)31(15-21-11-13-24(14-12-21)36(37,38)39)42-18-23-16-22(23)17-30(34(42)46)41(2)35(47)48-20-29-27-9-5-3-7-25(27)26-8-4-6-10-28(26)29/h3-14,22-23,29-31H,15-20H2,1-2H3,(H,43,44)/t22-,23+,30+,31+/m1/s1. The number of fused-ring (bicyclic) bond motifs is 4. The summed E-state index contributed by atoms with van der Waals surface area (Å²) < 4.78 is 45.5. The molecule has 2 aliphatic carbocycles. The Morgan fingerprint density at radius 3 is 2.10 bits per heavy atom. The molecule has 3 aromatic rings. The molecule has 252 valence electrons. The van der Waals surface area contributed by atoms with Crippen LogP contribution in [0, 0.1) is 11.8 Å². The molecule has 1 N–H and O–H groups in total. The zero-order valence-electron chi connectivity index (χ0n) is 26.5. The molecule has 0 radical (unpaired) electrons. The normalized spacial score (nSPS) is 20.6. The van der Waals surface area contributed by atoms with Crippen molar-refractivity contribution in [2.24, 2.45) is 11.8 Å². The van der Waals surface area contributed by atoms with Gasteiger partial charge in [-0.25, -0.2) is 4.79 Å². The molecule has 3 aliphatic rings. The van der Waals surface area contributed by atoms with Crippen LogP contribution in [-0.4, -0.2) is 89.6 Å². The second-order valence-electron chi connectivity index (χ2n) is 12.9. The van der Waals surface area contributed by atoms with Crippen molar-refractivity contribution in [3.05, 3.63) is 95.1 Å². The minimum Gasteiger partial charge on any atom is -0.480 e. The molecular formula is C36H36F3N3O6. The lowest BCUT2D eigenvalue weighted by atomic mass is 9.98. The van der Waals surface area contributed by atoms with Gasteiger partial charge in [0, 0.05) is 33.0 Å². The van der Waals surface area contributed by atoms with Gasteiger partial charge < -0.3 is 19.6 Å². The lowest BCUT2D eigenvalue weighted by Crippen LogP contribution is -2.57. The summed E-state index contributed by atoms with van der Waals surface area (Å²) >= 11 is 0. The highest BCUT2D eigenvalue weighted by Crippen LogP contribution is 2.47. The van der Waals surface area contributed by atoms with Crippen LogP contribution in [0.5, 0.6) is 0 Å². The van der Waals surface area contributed by atoms with E-state index in [2.05, 4.69) is 0 Å². The number of amides is 3. The van der Waals surface area contributed by atoms with Gasteiger partial charge >= 0.3 is 18.2 Å². The molecule has 1 saturated heterocycles. The molecule has 0 aromatic heterocycles. The van der Waals surface area contributed by atoms with Gasteiger partial charge in [0.15, 0.2) is 0 Å². The first-order chi connectivity index (χ1) is 22.8. The molecule has 1 heterocycles. The number of rotatable bonds is 9. The molecule has 4 atom stereocenters. The van der Waals surface area contributed by atoms with Gasteiger partial charge in [-0.2, -0.15) is 13.2 Å². The third-order valence-corrected chi connectivity index (χ3v) is 9.81. The number of likely N-dealkylation sites (tertiary alicyclic amines) is 1. The number of benzene rings is 3. The fraction of sp³-hybridized carbons (Fsp3) is 0.389. The van der Waals surface area contributed by atoms with Crippen LogP contribution in [0.15, 0.2) is 72.8 Å². The summed E-state index contributed by atoms with van der Waals surface area (Å²) in [5.41, 5.74) is 3.76. The number of ether oxygens (including phenoxy) is 1. The molecule has 1 saturated carbocycles. The summed E-state index contributed by atoms with van der Waals surface area (Å²) in [5, 5.41) is 9.34. The first-order valence-electron chi connectivity index (χ1n) is 15.8. The monoisotopic (exact) mass is 663 g/mol. The third-order valence-electron chi connectivity index (χ3n) is 9.81. The lowest BCUT2D eigenvalue weighted by molar-refractivity contribution is -0.150. The largest absolute Gasteiger partial charge is 0.480 e. The highest BCUT2D eigenvalue weighted by atomic mass is 19.4. The van der Waals surface area contributed by atoms with Crippen molar-refractivity contribution in [1.29, 1.82) is 0 Å². The van der Waals surface area contributed by atoms with E-state index in [4.69, 9.17) is 4.74 Å². The highest BCUT2D eigenvalue weighted by Gasteiger charge is 2.50. The minimum atomic E-state index is -4.55. The summed E-state index contributed by atoms with van der Waals surface area (Å²) in [6.07, 6.45) is -4.22. The number of carboxylic acid groups (broad SMARTS) is 1. The second kappa shape index (κ2) is 13.0. The number of aliphatic carboxylic acids is 1. The predicted octanol–water partition coefficient (Wildman–Crippen LogP) is 5.28. The molecule has 9 nitrogen and oxygen atoms in total. The average molecular weight is 664 g/mol. The summed E-state index contributed by atoms with van der Waals surface area (Å²) in [7, 11) is 2.80. The Kier molecular flexibility index (Phi) is 8.93. The molecule has 0 spiro atoms. The van der Waals surface area contributed by atoms with Gasteiger partial charge in [0.25, 0.3) is 0 Å². The van der Waals surface area contributed by atoms with Crippen LogP contribution in [-0.2, 0) is 31.7 Å². The Morgan fingerprint density at radius 1 is 0.917 bits per heavy atom. The Balaban J connectivity index is 1.22. The van der Waals surface area contributed by atoms with Gasteiger partial charge in [-0.15, -0.1) is 0 Å². The van der Waals surface area contributed by atoms with Crippen molar-refractivity contribution in [3.63, 3.8) is 0 Å². The fourth-order valence-electron chi connectivity index (χ4n) is 7.09. The zero-order chi connectivity index (χ0) is 34.3. The van der Waals surface area contributed by atoms with Crippen molar-refractivity contribution in [1.82, 2.24) is 14.7 Å². The minimum absolute atomic E-state index is 0.0584. The van der Waals surface area contributed by atoms with E-state index in [1.165, 1.54) is 36.0 Å². The van der Waals surface area contributed by atoms with Crippen LogP contribution < -0.4 is 0 Å². The van der Waals surface area contributed by atoms with Gasteiger partial charge in [-0.1, -0.05) is 60.7 Å². The van der Waals surface area contributed by atoms with Crippen LogP contribution in [0.25, 0.3) is 11.1 Å². The number of carbonyl (C=O) groups excluding carboxylic acids is 3. The smallest absolute Gasteiger partial charge is 0.416 e. The topological polar surface area (TPSA) is 107 Å². The number of carboxylic acids is 1. The maximum absolute atomic E-state index is 14.3. The van der Waals surface area contributed by atoms with Gasteiger partial charge in [-0.3, -0.25) is 19.3 Å². The molecule has 3 aromatic carbocycles. The zero-order valence-corrected chi connectivity index (χ0v) is 26.5. The Labute approximate surface area is 275 Å². The molecule has 2 fully saturated rings. The van der Waals surface area contributed by atoms with E-state index in [9.17, 15) is 37.5 Å². The third kappa shape index (κ3) is 6.61. The molecule has 48 heavy (non-hydrogen) atoms. The van der Waals surface area contributed by atoms with E-state index >= 15 is 0 Å². The molecule has 6 rings (SSSR count). The van der Waals surface area contributed by atoms with Gasteiger partial charge in [0.05, 0.1) is 5.56 Å². The maximum atomic E-state index is 14.3. The van der Waals surface area contributed by atoms with Crippen molar-refractivity contribution in [2.75, 3.05) is 33.8 Å². The number of carbonyl (C=O) groups is 4. The van der Waals surface area contributed by atoms with Gasteiger partial charge in [0.1, 0.15) is 25.2 Å². The molecule has 0 unspecified atom stereocenters. The number of halogens is 3. The van der Waals surface area contributed by atoms with E-state index in [1.54, 1.807) is 0 Å². The lowest BCUT2D eigenvalue weighted by Gasteiger charge is -2.36. The average Bonchev–Trinajstić information content (AvgIpc) is 3.75. The molecular weight excluding hydrogens is 627 g/mol. The van der Waals surface area contributed by atoms with E-state index < -0.39 is 54.2 Å². The number of alkyl halides is 3. The van der Waals surface area contributed by atoms with Crippen LogP contribution >= 0.6 is 0 Å². The SMILES string of the molecule is CN(CC(=O)O)C(=O)[C@H](Cc1ccc(C(F)(F)F)cc1)N1C[C@@H]2C[C@@H]2C[C@H](N(C)C(=O)OCC2c3ccccc3-c3ccccc32)C1=O. The summed E-state index contributed by atoms with van der Waals surface area (Å²) in [6.45, 7) is -0.362. The molecule has 12 heteroatoms. The second-order valence-corrected chi connectivity index (χ2v) is 12.9. The molecule has 1 aliphatic heterocycles. The van der Waals surface area contributed by atoms with E-state index in [-0.39, 0.29) is 37.3 Å². The van der Waals surface area contributed by atoms with E-state index in [0.717, 1.165) is 45.7 Å². The number of likely N-dealkylation sites (N-methyl/N-ethyl adjacent to an activating group) is 2. The number of hydrogen-bond acceptors (Lipinski definition) is 5. The van der Waals surface area contributed by atoms with Crippen LogP contribution in [0.3, 0.4) is 0 Å². The van der Waals surface area contributed by atoms with Gasteiger partial charge in [0.2, 0.25) is 11.8 Å². The van der Waals surface area contributed by atoms with Crippen LogP contribution in [0.4, 0.5) is 18.0 Å². The first kappa shape index (κ1) is 33.0. The molecule has 3 amide bonds.